The van der Waals surface area contributed by atoms with Crippen LogP contribution in [-0.4, -0.2) is 72.5 Å². The van der Waals surface area contributed by atoms with Crippen LogP contribution in [0.15, 0.2) is 48.8 Å². The minimum Gasteiger partial charge on any atom is -0.394 e. The minimum absolute atomic E-state index is 0.314. The van der Waals surface area contributed by atoms with Crippen molar-refractivity contribution in [1.29, 1.82) is 0 Å². The Bertz CT molecular complexity index is 1610. The highest BCUT2D eigenvalue weighted by atomic mass is 35.5. The first-order valence-electron chi connectivity index (χ1n) is 13.5. The van der Waals surface area contributed by atoms with E-state index in [9.17, 15) is 15.0 Å². The van der Waals surface area contributed by atoms with Gasteiger partial charge in [-0.2, -0.15) is 5.10 Å². The van der Waals surface area contributed by atoms with Crippen LogP contribution in [0.5, 0.6) is 0 Å². The van der Waals surface area contributed by atoms with Gasteiger partial charge >= 0.3 is 0 Å². The molecule has 13 heteroatoms. The number of nitrogens with zero attached hydrogens (tertiary/aromatic N) is 7. The fourth-order valence-corrected chi connectivity index (χ4v) is 5.05. The van der Waals surface area contributed by atoms with Gasteiger partial charge < -0.3 is 25.7 Å². The molecule has 3 aromatic heterocycles. The maximum Gasteiger partial charge on any atom is 0.237 e. The molecule has 4 aromatic rings. The lowest BCUT2D eigenvalue weighted by atomic mass is 10.0. The first kappa shape index (κ1) is 29.4. The van der Waals surface area contributed by atoms with Gasteiger partial charge in [0.05, 0.1) is 58.9 Å². The third kappa shape index (κ3) is 5.79. The fourth-order valence-electron chi connectivity index (χ4n) is 4.85. The van der Waals surface area contributed by atoms with Gasteiger partial charge in [-0.05, 0) is 37.6 Å². The van der Waals surface area contributed by atoms with Crippen LogP contribution in [-0.2, 0) is 18.4 Å². The number of benzene rings is 1. The Labute approximate surface area is 249 Å². The predicted octanol–water partition coefficient (Wildman–Crippen LogP) is 3.09. The summed E-state index contributed by atoms with van der Waals surface area (Å²) < 4.78 is 1.75. The van der Waals surface area contributed by atoms with Crippen LogP contribution in [0.3, 0.4) is 0 Å². The zero-order valence-corrected chi connectivity index (χ0v) is 24.8. The lowest BCUT2D eigenvalue weighted by Gasteiger charge is -2.28. The minimum atomic E-state index is -1.03. The molecular formula is C29H34ClN9O3. The molecule has 0 radical (unpaired) electrons. The number of rotatable bonds is 9. The van der Waals surface area contributed by atoms with Crippen molar-refractivity contribution in [2.75, 3.05) is 30.9 Å². The third-order valence-corrected chi connectivity index (χ3v) is 7.81. The van der Waals surface area contributed by atoms with Crippen molar-refractivity contribution in [1.82, 2.24) is 34.9 Å². The van der Waals surface area contributed by atoms with E-state index in [1.807, 2.05) is 63.3 Å². The molecule has 1 amide bonds. The van der Waals surface area contributed by atoms with Crippen LogP contribution in [0.25, 0.3) is 11.3 Å². The number of hydrogen-bond acceptors (Lipinski definition) is 10. The highest BCUT2D eigenvalue weighted by molar-refractivity contribution is 6.32. The van der Waals surface area contributed by atoms with Crippen LogP contribution in [0, 0.1) is 6.92 Å². The molecule has 0 aliphatic carbocycles. The largest absolute Gasteiger partial charge is 0.394 e. The Morgan fingerprint density at radius 3 is 2.69 bits per heavy atom. The molecule has 0 fully saturated rings. The highest BCUT2D eigenvalue weighted by Crippen LogP contribution is 2.37. The van der Waals surface area contributed by atoms with Crippen molar-refractivity contribution in [3.63, 3.8) is 0 Å². The van der Waals surface area contributed by atoms with Crippen molar-refractivity contribution in [3.05, 3.63) is 76.3 Å². The summed E-state index contributed by atoms with van der Waals surface area (Å²) >= 11 is 6.49. The second-order valence-electron chi connectivity index (χ2n) is 10.5. The SMILES string of the molecule is Cc1c(Nc2ncc(Cl)c(-c3ccc4c(c3)C(O)N([C@H](C)C(=O)N[C@H](CO)c3cccc(N(C)C)n3)C4)n2)cnn1C. The van der Waals surface area contributed by atoms with E-state index in [2.05, 4.69) is 30.7 Å². The molecular weight excluding hydrogens is 558 g/mol. The van der Waals surface area contributed by atoms with E-state index < -0.39 is 18.3 Å². The number of carbonyl (C=O) groups excluding carboxylic acids is 1. The van der Waals surface area contributed by atoms with Crippen molar-refractivity contribution >= 4 is 35.0 Å². The molecule has 0 spiro atoms. The predicted molar refractivity (Wildman–Crippen MR) is 160 cm³/mol. The van der Waals surface area contributed by atoms with E-state index in [1.165, 1.54) is 6.20 Å². The second kappa shape index (κ2) is 12.0. The van der Waals surface area contributed by atoms with Crippen molar-refractivity contribution < 1.29 is 15.0 Å². The number of anilines is 3. The Balaban J connectivity index is 1.32. The molecule has 12 nitrogen and oxygen atoms in total. The monoisotopic (exact) mass is 591 g/mol. The molecule has 42 heavy (non-hydrogen) atoms. The standard InChI is InChI=1S/C29H34ClN9O3/c1-16-23(13-32-38(16)5)35-29-31-12-21(30)26(36-29)18-9-10-19-14-39(28(42)20(19)11-18)17(2)27(41)34-24(15-40)22-7-6-8-25(33-22)37(3)4/h6-13,17,24,28,40,42H,14-15H2,1-5H3,(H,34,41)(H,31,35,36)/t17-,24-,28?/m1/s1. The number of aryl methyl sites for hydroxylation is 1. The number of hydrogen-bond donors (Lipinski definition) is 4. The summed E-state index contributed by atoms with van der Waals surface area (Å²) in [5, 5.41) is 31.9. The lowest BCUT2D eigenvalue weighted by Crippen LogP contribution is -2.46. The van der Waals surface area contributed by atoms with Crippen LogP contribution < -0.4 is 15.5 Å². The van der Waals surface area contributed by atoms with E-state index in [4.69, 9.17) is 11.6 Å². The number of carbonyl (C=O) groups is 1. The molecule has 1 aliphatic heterocycles. The maximum atomic E-state index is 13.3. The van der Waals surface area contributed by atoms with Gasteiger partial charge in [-0.15, -0.1) is 0 Å². The number of fused-ring (bicyclic) bond motifs is 1. The van der Waals surface area contributed by atoms with E-state index in [1.54, 1.807) is 28.8 Å². The van der Waals surface area contributed by atoms with Gasteiger partial charge in [-0.3, -0.25) is 14.4 Å². The number of pyridine rings is 1. The molecule has 1 aliphatic rings. The molecule has 0 saturated carbocycles. The smallest absolute Gasteiger partial charge is 0.237 e. The topological polar surface area (TPSA) is 145 Å². The molecule has 220 valence electrons. The summed E-state index contributed by atoms with van der Waals surface area (Å²) in [5.74, 6) is 0.745. The quantitative estimate of drug-likeness (QED) is 0.229. The number of nitrogens with one attached hydrogen (secondary N) is 2. The van der Waals surface area contributed by atoms with Crippen molar-refractivity contribution in [2.45, 2.75) is 38.7 Å². The summed E-state index contributed by atoms with van der Waals surface area (Å²) in [6.45, 7) is 3.72. The molecule has 0 saturated heterocycles. The first-order chi connectivity index (χ1) is 20.1. The summed E-state index contributed by atoms with van der Waals surface area (Å²) in [4.78, 5) is 30.3. The third-order valence-electron chi connectivity index (χ3n) is 7.54. The highest BCUT2D eigenvalue weighted by Gasteiger charge is 2.36. The molecule has 4 N–H and O–H groups in total. The molecule has 3 atom stereocenters. The van der Waals surface area contributed by atoms with Crippen LogP contribution >= 0.6 is 11.6 Å². The van der Waals surface area contributed by atoms with Gasteiger partial charge in [0.1, 0.15) is 12.0 Å². The molecule has 4 heterocycles. The number of aliphatic hydroxyl groups excluding tert-OH is 2. The van der Waals surface area contributed by atoms with Crippen LogP contribution in [0.1, 0.15) is 41.7 Å². The van der Waals surface area contributed by atoms with Gasteiger partial charge in [-0.25, -0.2) is 15.0 Å². The zero-order valence-electron chi connectivity index (χ0n) is 24.1. The van der Waals surface area contributed by atoms with Gasteiger partial charge in [0.15, 0.2) is 0 Å². The van der Waals surface area contributed by atoms with Gasteiger partial charge in [-0.1, -0.05) is 29.8 Å². The number of halogens is 1. The second-order valence-corrected chi connectivity index (χ2v) is 10.9. The summed E-state index contributed by atoms with van der Waals surface area (Å²) in [5.41, 5.74) is 5.03. The normalized spacial score (nSPS) is 16.1. The van der Waals surface area contributed by atoms with Crippen LogP contribution in [0.4, 0.5) is 17.5 Å². The lowest BCUT2D eigenvalue weighted by molar-refractivity contribution is -0.131. The molecule has 5 rings (SSSR count). The van der Waals surface area contributed by atoms with Crippen LogP contribution in [0.2, 0.25) is 5.02 Å². The average Bonchev–Trinajstić information content (AvgIpc) is 3.49. The van der Waals surface area contributed by atoms with Crippen molar-refractivity contribution in [2.24, 2.45) is 7.05 Å². The average molecular weight is 592 g/mol. The van der Waals surface area contributed by atoms with Crippen molar-refractivity contribution in [3.8, 4) is 11.3 Å². The Morgan fingerprint density at radius 2 is 2.00 bits per heavy atom. The Hall–Kier alpha value is -4.10. The Kier molecular flexibility index (Phi) is 8.41. The zero-order chi connectivity index (χ0) is 30.1. The van der Waals surface area contributed by atoms with E-state index in [0.717, 1.165) is 16.9 Å². The molecule has 1 aromatic carbocycles. The van der Waals surface area contributed by atoms with Gasteiger partial charge in [0, 0.05) is 38.8 Å². The number of amides is 1. The summed E-state index contributed by atoms with van der Waals surface area (Å²) in [6, 6.07) is 9.69. The fraction of sp³-hybridized carbons (Fsp3) is 0.345. The maximum absolute atomic E-state index is 13.3. The summed E-state index contributed by atoms with van der Waals surface area (Å²) in [7, 11) is 5.59. The van der Waals surface area contributed by atoms with E-state index >= 15 is 0 Å². The number of aromatic nitrogens is 5. The summed E-state index contributed by atoms with van der Waals surface area (Å²) in [6.07, 6.45) is 2.20. The molecule has 0 bridgehead atoms. The van der Waals surface area contributed by atoms with E-state index in [-0.39, 0.29) is 12.5 Å². The number of aliphatic hydroxyl groups is 2. The molecule has 1 unspecified atom stereocenters. The Morgan fingerprint density at radius 1 is 1.21 bits per heavy atom. The first-order valence-corrected chi connectivity index (χ1v) is 13.9. The van der Waals surface area contributed by atoms with Gasteiger partial charge in [0.25, 0.3) is 0 Å². The van der Waals surface area contributed by atoms with Gasteiger partial charge in [0.2, 0.25) is 11.9 Å². The van der Waals surface area contributed by atoms with E-state index in [0.29, 0.717) is 45.8 Å².